The maximum Gasteiger partial charge on any atom is 0.115 e. The number of allylic oxidation sites excluding steroid dienone is 4. The van der Waals surface area contributed by atoms with Crippen molar-refractivity contribution in [2.45, 2.75) is 6.42 Å². The zero-order chi connectivity index (χ0) is 12.7. The molecule has 0 N–H and O–H groups in total. The van der Waals surface area contributed by atoms with Crippen LogP contribution >= 0.6 is 0 Å². The fraction of sp³-hybridized carbons (Fsp3) is 0.0625. The third kappa shape index (κ3) is 1.63. The van der Waals surface area contributed by atoms with Crippen LogP contribution in [0.4, 0.5) is 5.69 Å². The molecule has 0 saturated heterocycles. The van der Waals surface area contributed by atoms with Gasteiger partial charge in [-0.3, -0.25) is 0 Å². The first-order valence-corrected chi connectivity index (χ1v) is 6.26. The Morgan fingerprint density at radius 3 is 2.74 bits per heavy atom. The summed E-state index contributed by atoms with van der Waals surface area (Å²) in [5.41, 5.74) is 6.87. The van der Waals surface area contributed by atoms with Gasteiger partial charge in [0.25, 0.3) is 0 Å². The summed E-state index contributed by atoms with van der Waals surface area (Å²) in [7, 11) is 0. The van der Waals surface area contributed by atoms with Crippen molar-refractivity contribution >= 4 is 22.5 Å². The molecule has 1 aliphatic heterocycles. The Morgan fingerprint density at radius 1 is 1.00 bits per heavy atom. The van der Waals surface area contributed by atoms with Gasteiger partial charge in [0.15, 0.2) is 0 Å². The number of fused-ring (bicyclic) bond motifs is 3. The second-order valence-corrected chi connectivity index (χ2v) is 4.63. The molecule has 1 aromatic carbocycles. The molecular weight excluding hydrogens is 234 g/mol. The Kier molecular flexibility index (Phi) is 2.18. The van der Waals surface area contributed by atoms with Crippen LogP contribution in [0.3, 0.4) is 0 Å². The van der Waals surface area contributed by atoms with E-state index in [0.29, 0.717) is 0 Å². The first-order valence-electron chi connectivity index (χ1n) is 6.26. The molecule has 0 bridgehead atoms. The van der Waals surface area contributed by atoms with Crippen LogP contribution in [0, 0.1) is 0 Å². The van der Waals surface area contributed by atoms with E-state index in [1.54, 1.807) is 6.33 Å². The topological polar surface area (TPSA) is 38.1 Å². The standard InChI is InChI=1S/C16H11N3/c1-2-4-15-13(3-1)14-6-5-11(7-16(14)19-15)12-8-17-10-18-9-12/h1-4,6-10H,5H2. The molecule has 0 fully saturated rings. The van der Waals surface area contributed by atoms with E-state index in [-0.39, 0.29) is 0 Å². The average molecular weight is 245 g/mol. The maximum absolute atomic E-state index is 4.68. The molecule has 0 atom stereocenters. The van der Waals surface area contributed by atoms with Crippen LogP contribution in [0.25, 0.3) is 11.1 Å². The number of aromatic nitrogens is 2. The minimum absolute atomic E-state index is 0.899. The summed E-state index contributed by atoms with van der Waals surface area (Å²) in [6.45, 7) is 0. The van der Waals surface area contributed by atoms with Crippen molar-refractivity contribution < 1.29 is 0 Å². The molecule has 1 aliphatic carbocycles. The monoisotopic (exact) mass is 245 g/mol. The highest BCUT2D eigenvalue weighted by Crippen LogP contribution is 2.39. The van der Waals surface area contributed by atoms with E-state index in [2.05, 4.69) is 45.3 Å². The van der Waals surface area contributed by atoms with E-state index in [0.717, 1.165) is 23.4 Å². The molecule has 3 nitrogen and oxygen atoms in total. The fourth-order valence-corrected chi connectivity index (χ4v) is 2.55. The van der Waals surface area contributed by atoms with E-state index in [1.807, 2.05) is 18.5 Å². The van der Waals surface area contributed by atoms with Crippen molar-refractivity contribution in [2.24, 2.45) is 4.99 Å². The van der Waals surface area contributed by atoms with Crippen molar-refractivity contribution in [2.75, 3.05) is 0 Å². The Labute approximate surface area is 111 Å². The zero-order valence-corrected chi connectivity index (χ0v) is 10.2. The van der Waals surface area contributed by atoms with E-state index < -0.39 is 0 Å². The molecule has 0 saturated carbocycles. The Morgan fingerprint density at radius 2 is 1.84 bits per heavy atom. The number of benzene rings is 1. The summed E-state index contributed by atoms with van der Waals surface area (Å²) in [5, 5.41) is 0. The predicted octanol–water partition coefficient (Wildman–Crippen LogP) is 3.43. The van der Waals surface area contributed by atoms with Crippen molar-refractivity contribution in [3.05, 3.63) is 66.3 Å². The van der Waals surface area contributed by atoms with E-state index in [9.17, 15) is 0 Å². The van der Waals surface area contributed by atoms with Crippen LogP contribution in [-0.2, 0) is 0 Å². The van der Waals surface area contributed by atoms with Gasteiger partial charge in [0, 0.05) is 29.1 Å². The summed E-state index contributed by atoms with van der Waals surface area (Å²) in [6.07, 6.45) is 10.5. The van der Waals surface area contributed by atoms with Gasteiger partial charge in [0.1, 0.15) is 6.33 Å². The third-order valence-corrected chi connectivity index (χ3v) is 3.48. The van der Waals surface area contributed by atoms with Crippen molar-refractivity contribution in [3.63, 3.8) is 0 Å². The highest BCUT2D eigenvalue weighted by atomic mass is 14.8. The van der Waals surface area contributed by atoms with Crippen molar-refractivity contribution in [3.8, 4) is 0 Å². The predicted molar refractivity (Wildman–Crippen MR) is 76.1 cm³/mol. The molecule has 2 heterocycles. The average Bonchev–Trinajstić information content (AvgIpc) is 2.86. The van der Waals surface area contributed by atoms with Gasteiger partial charge in [-0.25, -0.2) is 15.0 Å². The number of para-hydroxylation sites is 1. The van der Waals surface area contributed by atoms with Gasteiger partial charge < -0.3 is 0 Å². The summed E-state index contributed by atoms with van der Waals surface area (Å²) in [5.74, 6) is 0. The molecular formula is C16H11N3. The molecule has 0 amide bonds. The van der Waals surface area contributed by atoms with Crippen LogP contribution in [0.15, 0.2) is 60.1 Å². The minimum Gasteiger partial charge on any atom is -0.248 e. The second kappa shape index (κ2) is 3.99. The molecule has 2 aliphatic rings. The largest absolute Gasteiger partial charge is 0.248 e. The van der Waals surface area contributed by atoms with Crippen molar-refractivity contribution in [1.82, 2.24) is 9.97 Å². The minimum atomic E-state index is 0.899. The molecule has 4 rings (SSSR count). The molecule has 0 radical (unpaired) electrons. The number of hydrogen-bond donors (Lipinski definition) is 0. The quantitative estimate of drug-likeness (QED) is 0.772. The van der Waals surface area contributed by atoms with Crippen LogP contribution < -0.4 is 0 Å². The molecule has 19 heavy (non-hydrogen) atoms. The molecule has 0 spiro atoms. The van der Waals surface area contributed by atoms with Crippen molar-refractivity contribution in [1.29, 1.82) is 0 Å². The molecule has 1 aromatic heterocycles. The van der Waals surface area contributed by atoms with E-state index >= 15 is 0 Å². The number of nitrogens with zero attached hydrogens (tertiary/aromatic N) is 3. The summed E-state index contributed by atoms with van der Waals surface area (Å²) < 4.78 is 0. The lowest BCUT2D eigenvalue weighted by atomic mass is 9.92. The fourth-order valence-electron chi connectivity index (χ4n) is 2.55. The van der Waals surface area contributed by atoms with Gasteiger partial charge in [0.2, 0.25) is 0 Å². The van der Waals surface area contributed by atoms with Gasteiger partial charge in [-0.1, -0.05) is 24.3 Å². The number of rotatable bonds is 1. The summed E-state index contributed by atoms with van der Waals surface area (Å²) >= 11 is 0. The maximum atomic E-state index is 4.68. The normalized spacial score (nSPS) is 16.1. The Bertz CT molecular complexity index is 740. The highest BCUT2D eigenvalue weighted by Gasteiger charge is 2.22. The molecule has 2 aromatic rings. The third-order valence-electron chi connectivity index (χ3n) is 3.48. The van der Waals surface area contributed by atoms with Gasteiger partial charge in [-0.15, -0.1) is 0 Å². The Hall–Kier alpha value is -2.55. The lowest BCUT2D eigenvalue weighted by molar-refractivity contribution is 1.14. The van der Waals surface area contributed by atoms with E-state index in [1.165, 1.54) is 16.7 Å². The lowest BCUT2D eigenvalue weighted by Crippen LogP contribution is -2.01. The first-order chi connectivity index (χ1) is 9.42. The molecule has 90 valence electrons. The van der Waals surface area contributed by atoms with Crippen LogP contribution in [0.2, 0.25) is 0 Å². The van der Waals surface area contributed by atoms with Gasteiger partial charge in [-0.2, -0.15) is 0 Å². The zero-order valence-electron chi connectivity index (χ0n) is 10.2. The van der Waals surface area contributed by atoms with E-state index in [4.69, 9.17) is 0 Å². The van der Waals surface area contributed by atoms with Gasteiger partial charge >= 0.3 is 0 Å². The molecule has 3 heteroatoms. The Balaban J connectivity index is 1.78. The second-order valence-electron chi connectivity index (χ2n) is 4.63. The SMILES string of the molecule is C1=C(c2cncnc2)CC=C2C1=Nc1ccccc12. The number of aliphatic imine (C=N–C) groups is 1. The van der Waals surface area contributed by atoms with Crippen LogP contribution in [0.1, 0.15) is 17.5 Å². The van der Waals surface area contributed by atoms with Gasteiger partial charge in [-0.05, 0) is 24.1 Å². The summed E-state index contributed by atoms with van der Waals surface area (Å²) in [4.78, 5) is 12.8. The highest BCUT2D eigenvalue weighted by molar-refractivity contribution is 6.36. The molecule has 0 unspecified atom stereocenters. The van der Waals surface area contributed by atoms with Gasteiger partial charge in [0.05, 0.1) is 11.4 Å². The van der Waals surface area contributed by atoms with Crippen LogP contribution in [0.5, 0.6) is 0 Å². The van der Waals surface area contributed by atoms with Crippen LogP contribution in [-0.4, -0.2) is 15.7 Å². The smallest absolute Gasteiger partial charge is 0.115 e. The summed E-state index contributed by atoms with van der Waals surface area (Å²) in [6, 6.07) is 8.27. The number of hydrogen-bond acceptors (Lipinski definition) is 3. The first kappa shape index (κ1) is 10.4. The lowest BCUT2D eigenvalue weighted by Gasteiger charge is -2.12.